The number of rotatable bonds is 6. The van der Waals surface area contributed by atoms with E-state index in [9.17, 15) is 9.59 Å². The number of hydrogen-bond donors (Lipinski definition) is 2. The van der Waals surface area contributed by atoms with Gasteiger partial charge < -0.3 is 20.3 Å². The van der Waals surface area contributed by atoms with Gasteiger partial charge in [-0.1, -0.05) is 0 Å². The normalized spacial score (nSPS) is 22.2. The van der Waals surface area contributed by atoms with E-state index in [4.69, 9.17) is 4.74 Å². The van der Waals surface area contributed by atoms with Crippen molar-refractivity contribution in [2.75, 3.05) is 42.9 Å². The Balaban J connectivity index is 1.20. The van der Waals surface area contributed by atoms with Gasteiger partial charge in [0.15, 0.2) is 0 Å². The van der Waals surface area contributed by atoms with Crippen molar-refractivity contribution in [3.05, 3.63) is 42.2 Å². The molecule has 178 valence electrons. The number of carbonyl (C=O) groups excluding carboxylic acids is 2. The number of aryl methyl sites for hydroxylation is 1. The number of carbonyl (C=O) groups is 2. The maximum absolute atomic E-state index is 12.5. The average molecular weight is 455 g/mol. The largest absolute Gasteiger partial charge is 0.372 e. The second kappa shape index (κ2) is 10.4. The number of amides is 2. The van der Waals surface area contributed by atoms with E-state index < -0.39 is 0 Å². The minimum atomic E-state index is -0.0938. The number of piperidine rings is 1. The highest BCUT2D eigenvalue weighted by Crippen LogP contribution is 2.22. The SMILES string of the molecule is CC1CN(c2ccc(NC(=O)CN3CCC(NC(=O)c4cnn(C)c4)CC3)cc2)CC(C)O1. The van der Waals surface area contributed by atoms with E-state index in [1.165, 1.54) is 0 Å². The summed E-state index contributed by atoms with van der Waals surface area (Å²) in [7, 11) is 1.79. The third kappa shape index (κ3) is 6.33. The molecule has 9 nitrogen and oxygen atoms in total. The Morgan fingerprint density at radius 1 is 1.09 bits per heavy atom. The van der Waals surface area contributed by atoms with Crippen molar-refractivity contribution in [3.63, 3.8) is 0 Å². The lowest BCUT2D eigenvalue weighted by Gasteiger charge is -2.36. The number of nitrogens with zero attached hydrogens (tertiary/aromatic N) is 4. The average Bonchev–Trinajstić information content (AvgIpc) is 3.21. The molecule has 4 rings (SSSR count). The zero-order chi connectivity index (χ0) is 23.4. The van der Waals surface area contributed by atoms with Crippen molar-refractivity contribution < 1.29 is 14.3 Å². The first-order valence-corrected chi connectivity index (χ1v) is 11.7. The molecule has 2 unspecified atom stereocenters. The molecule has 9 heteroatoms. The predicted molar refractivity (Wildman–Crippen MR) is 127 cm³/mol. The molecule has 0 spiro atoms. The summed E-state index contributed by atoms with van der Waals surface area (Å²) < 4.78 is 7.42. The van der Waals surface area contributed by atoms with E-state index in [1.807, 2.05) is 12.1 Å². The highest BCUT2D eigenvalue weighted by Gasteiger charge is 2.24. The number of hydrogen-bond acceptors (Lipinski definition) is 6. The summed E-state index contributed by atoms with van der Waals surface area (Å²) in [5, 5.41) is 10.1. The highest BCUT2D eigenvalue weighted by atomic mass is 16.5. The van der Waals surface area contributed by atoms with Crippen molar-refractivity contribution in [1.82, 2.24) is 20.0 Å². The van der Waals surface area contributed by atoms with Crippen LogP contribution in [0.4, 0.5) is 11.4 Å². The molecule has 2 atom stereocenters. The summed E-state index contributed by atoms with van der Waals surface area (Å²) >= 11 is 0. The highest BCUT2D eigenvalue weighted by molar-refractivity contribution is 5.94. The number of anilines is 2. The van der Waals surface area contributed by atoms with Gasteiger partial charge in [-0.3, -0.25) is 19.2 Å². The Labute approximate surface area is 195 Å². The Kier molecular flexibility index (Phi) is 7.29. The van der Waals surface area contributed by atoms with Crippen LogP contribution in [-0.4, -0.2) is 77.5 Å². The van der Waals surface area contributed by atoms with Crippen LogP contribution >= 0.6 is 0 Å². The molecule has 33 heavy (non-hydrogen) atoms. The molecule has 2 amide bonds. The maximum atomic E-state index is 12.5. The number of ether oxygens (including phenoxy) is 1. The molecule has 3 heterocycles. The van der Waals surface area contributed by atoms with E-state index in [2.05, 4.69) is 51.5 Å². The zero-order valence-electron chi connectivity index (χ0n) is 19.7. The van der Waals surface area contributed by atoms with Crippen LogP contribution in [0.25, 0.3) is 0 Å². The molecule has 1 aromatic carbocycles. The zero-order valence-corrected chi connectivity index (χ0v) is 19.7. The molecular formula is C24H34N6O3. The van der Waals surface area contributed by atoms with Crippen LogP contribution < -0.4 is 15.5 Å². The number of likely N-dealkylation sites (tertiary alicyclic amines) is 1. The van der Waals surface area contributed by atoms with E-state index in [0.717, 1.165) is 50.4 Å². The van der Waals surface area contributed by atoms with Crippen LogP contribution in [0.1, 0.15) is 37.0 Å². The second-order valence-corrected chi connectivity index (χ2v) is 9.18. The Hall–Kier alpha value is -2.91. The van der Waals surface area contributed by atoms with Crippen molar-refractivity contribution >= 4 is 23.2 Å². The van der Waals surface area contributed by atoms with Crippen molar-refractivity contribution in [2.24, 2.45) is 7.05 Å². The molecule has 0 saturated carbocycles. The summed E-state index contributed by atoms with van der Waals surface area (Å²) in [6, 6.07) is 8.14. The molecule has 0 bridgehead atoms. The lowest BCUT2D eigenvalue weighted by atomic mass is 10.0. The standard InChI is InChI=1S/C24H34N6O3/c1-17-13-30(14-18(2)33-17)22-6-4-20(5-7-22)26-23(31)16-29-10-8-21(9-11-29)27-24(32)19-12-25-28(3)15-19/h4-7,12,15,17-18,21H,8-11,13-14,16H2,1-3H3,(H,26,31)(H,27,32). The van der Waals surface area contributed by atoms with Crippen LogP contribution in [0.5, 0.6) is 0 Å². The summed E-state index contributed by atoms with van der Waals surface area (Å²) in [6.07, 6.45) is 5.35. The fraction of sp³-hybridized carbons (Fsp3) is 0.542. The summed E-state index contributed by atoms with van der Waals surface area (Å²) in [6.45, 7) is 7.83. The van der Waals surface area contributed by atoms with Gasteiger partial charge in [0, 0.05) is 56.8 Å². The smallest absolute Gasteiger partial charge is 0.254 e. The minimum Gasteiger partial charge on any atom is -0.372 e. The van der Waals surface area contributed by atoms with Crippen LogP contribution in [0.2, 0.25) is 0 Å². The van der Waals surface area contributed by atoms with Gasteiger partial charge >= 0.3 is 0 Å². The van der Waals surface area contributed by atoms with E-state index in [1.54, 1.807) is 24.1 Å². The fourth-order valence-corrected chi connectivity index (χ4v) is 4.59. The quantitative estimate of drug-likeness (QED) is 0.693. The molecule has 2 fully saturated rings. The maximum Gasteiger partial charge on any atom is 0.254 e. The third-order valence-corrected chi connectivity index (χ3v) is 6.19. The van der Waals surface area contributed by atoms with Gasteiger partial charge in [-0.05, 0) is 51.0 Å². The van der Waals surface area contributed by atoms with Gasteiger partial charge in [0.05, 0.1) is 30.5 Å². The van der Waals surface area contributed by atoms with Gasteiger partial charge in [0.2, 0.25) is 5.91 Å². The fourth-order valence-electron chi connectivity index (χ4n) is 4.59. The molecule has 2 aliphatic heterocycles. The van der Waals surface area contributed by atoms with Gasteiger partial charge in [-0.2, -0.15) is 5.10 Å². The van der Waals surface area contributed by atoms with Gasteiger partial charge in [0.1, 0.15) is 0 Å². The van der Waals surface area contributed by atoms with E-state index >= 15 is 0 Å². The number of aromatic nitrogens is 2. The van der Waals surface area contributed by atoms with Crippen molar-refractivity contribution in [2.45, 2.75) is 44.9 Å². The Morgan fingerprint density at radius 3 is 2.36 bits per heavy atom. The first-order valence-electron chi connectivity index (χ1n) is 11.7. The number of benzene rings is 1. The lowest BCUT2D eigenvalue weighted by molar-refractivity contribution is -0.117. The second-order valence-electron chi connectivity index (χ2n) is 9.18. The molecule has 2 N–H and O–H groups in total. The summed E-state index contributed by atoms with van der Waals surface area (Å²) in [5.41, 5.74) is 2.52. The summed E-state index contributed by atoms with van der Waals surface area (Å²) in [5.74, 6) is -0.113. The molecule has 1 aromatic heterocycles. The summed E-state index contributed by atoms with van der Waals surface area (Å²) in [4.78, 5) is 29.3. The number of morpholine rings is 1. The molecule has 2 aliphatic rings. The van der Waals surface area contributed by atoms with Crippen molar-refractivity contribution in [3.8, 4) is 0 Å². The van der Waals surface area contributed by atoms with Crippen molar-refractivity contribution in [1.29, 1.82) is 0 Å². The van der Waals surface area contributed by atoms with Crippen LogP contribution in [-0.2, 0) is 16.6 Å². The molecular weight excluding hydrogens is 420 g/mol. The third-order valence-electron chi connectivity index (χ3n) is 6.19. The lowest BCUT2D eigenvalue weighted by Crippen LogP contribution is -2.46. The Bertz CT molecular complexity index is 941. The molecule has 0 radical (unpaired) electrons. The van der Waals surface area contributed by atoms with E-state index in [-0.39, 0.29) is 30.1 Å². The van der Waals surface area contributed by atoms with Gasteiger partial charge in [-0.25, -0.2) is 0 Å². The first kappa shape index (κ1) is 23.3. The Morgan fingerprint density at radius 2 is 1.76 bits per heavy atom. The van der Waals surface area contributed by atoms with Gasteiger partial charge in [0.25, 0.3) is 5.91 Å². The molecule has 2 saturated heterocycles. The van der Waals surface area contributed by atoms with Crippen LogP contribution in [0.15, 0.2) is 36.7 Å². The first-order chi connectivity index (χ1) is 15.9. The van der Waals surface area contributed by atoms with Crippen LogP contribution in [0, 0.1) is 0 Å². The number of nitrogens with one attached hydrogen (secondary N) is 2. The minimum absolute atomic E-state index is 0.0192. The predicted octanol–water partition coefficient (Wildman–Crippen LogP) is 1.87. The van der Waals surface area contributed by atoms with Gasteiger partial charge in [-0.15, -0.1) is 0 Å². The molecule has 0 aliphatic carbocycles. The monoisotopic (exact) mass is 454 g/mol. The van der Waals surface area contributed by atoms with E-state index in [0.29, 0.717) is 12.1 Å². The van der Waals surface area contributed by atoms with Crippen LogP contribution in [0.3, 0.4) is 0 Å². The topological polar surface area (TPSA) is 91.7 Å². The molecule has 2 aromatic rings.